The van der Waals surface area contributed by atoms with Crippen LogP contribution in [0.3, 0.4) is 0 Å². The SMILES string of the molecule is COC(=O)C(CN1C(=O)CCC1=O)(NC(C)C)C1CC1. The molecule has 0 bridgehead atoms. The highest BCUT2D eigenvalue weighted by atomic mass is 16.5. The Kier molecular flexibility index (Phi) is 4.13. The lowest BCUT2D eigenvalue weighted by atomic mass is 9.91. The summed E-state index contributed by atoms with van der Waals surface area (Å²) >= 11 is 0. The van der Waals surface area contributed by atoms with Crippen LogP contribution in [-0.2, 0) is 19.1 Å². The molecule has 2 fully saturated rings. The predicted octanol–water partition coefficient (Wildman–Crippen LogP) is 0.455. The molecule has 6 nitrogen and oxygen atoms in total. The molecule has 2 aliphatic rings. The fourth-order valence-electron chi connectivity index (χ4n) is 2.90. The van der Waals surface area contributed by atoms with E-state index in [1.165, 1.54) is 12.0 Å². The van der Waals surface area contributed by atoms with Crippen LogP contribution in [0.5, 0.6) is 0 Å². The average molecular weight is 282 g/mol. The van der Waals surface area contributed by atoms with Gasteiger partial charge in [-0.25, -0.2) is 4.79 Å². The number of hydrogen-bond donors (Lipinski definition) is 1. The number of likely N-dealkylation sites (tertiary alicyclic amines) is 1. The fraction of sp³-hybridized carbons (Fsp3) is 0.786. The normalized spacial score (nSPS) is 22.3. The van der Waals surface area contributed by atoms with Gasteiger partial charge in [0, 0.05) is 18.9 Å². The second-order valence-corrected chi connectivity index (χ2v) is 5.91. The summed E-state index contributed by atoms with van der Waals surface area (Å²) in [6.45, 7) is 3.96. The highest BCUT2D eigenvalue weighted by molar-refractivity contribution is 6.02. The third-order valence-electron chi connectivity index (χ3n) is 3.93. The maximum atomic E-state index is 12.3. The Morgan fingerprint density at radius 3 is 2.30 bits per heavy atom. The summed E-state index contributed by atoms with van der Waals surface area (Å²) in [5.41, 5.74) is -0.960. The minimum atomic E-state index is -0.960. The molecule has 0 spiro atoms. The Bertz CT molecular complexity index is 415. The summed E-state index contributed by atoms with van der Waals surface area (Å²) in [4.78, 5) is 37.2. The number of nitrogens with one attached hydrogen (secondary N) is 1. The topological polar surface area (TPSA) is 75.7 Å². The maximum Gasteiger partial charge on any atom is 0.328 e. The fourth-order valence-corrected chi connectivity index (χ4v) is 2.90. The van der Waals surface area contributed by atoms with E-state index >= 15 is 0 Å². The van der Waals surface area contributed by atoms with Gasteiger partial charge in [-0.15, -0.1) is 0 Å². The van der Waals surface area contributed by atoms with E-state index in [9.17, 15) is 14.4 Å². The van der Waals surface area contributed by atoms with Crippen molar-refractivity contribution in [3.63, 3.8) is 0 Å². The lowest BCUT2D eigenvalue weighted by Crippen LogP contribution is -2.63. The Morgan fingerprint density at radius 2 is 1.90 bits per heavy atom. The molecule has 0 aromatic carbocycles. The van der Waals surface area contributed by atoms with Crippen LogP contribution in [-0.4, -0.2) is 47.9 Å². The van der Waals surface area contributed by atoms with Gasteiger partial charge in [-0.1, -0.05) is 0 Å². The first kappa shape index (κ1) is 15.0. The van der Waals surface area contributed by atoms with Gasteiger partial charge in [0.05, 0.1) is 13.7 Å². The van der Waals surface area contributed by atoms with E-state index in [1.54, 1.807) is 0 Å². The molecule has 112 valence electrons. The smallest absolute Gasteiger partial charge is 0.328 e. The van der Waals surface area contributed by atoms with Gasteiger partial charge in [-0.3, -0.25) is 19.8 Å². The summed E-state index contributed by atoms with van der Waals surface area (Å²) in [5, 5.41) is 3.25. The number of carbonyl (C=O) groups is 3. The summed E-state index contributed by atoms with van der Waals surface area (Å²) in [6, 6.07) is 0.0579. The van der Waals surface area contributed by atoms with E-state index in [4.69, 9.17) is 4.74 Å². The van der Waals surface area contributed by atoms with Crippen LogP contribution < -0.4 is 5.32 Å². The Morgan fingerprint density at radius 1 is 1.35 bits per heavy atom. The maximum absolute atomic E-state index is 12.3. The molecule has 0 aromatic heterocycles. The van der Waals surface area contributed by atoms with Gasteiger partial charge >= 0.3 is 5.97 Å². The van der Waals surface area contributed by atoms with Crippen molar-refractivity contribution in [2.24, 2.45) is 5.92 Å². The van der Waals surface area contributed by atoms with Crippen LogP contribution in [0.1, 0.15) is 39.5 Å². The van der Waals surface area contributed by atoms with Gasteiger partial charge in [-0.2, -0.15) is 0 Å². The van der Waals surface area contributed by atoms with Crippen LogP contribution in [0.4, 0.5) is 0 Å². The molecular formula is C14H22N2O4. The number of esters is 1. The largest absolute Gasteiger partial charge is 0.468 e. The number of imide groups is 1. The van der Waals surface area contributed by atoms with Gasteiger partial charge in [0.25, 0.3) is 0 Å². The lowest BCUT2D eigenvalue weighted by Gasteiger charge is -2.36. The Balaban J connectivity index is 2.27. The second kappa shape index (κ2) is 5.52. The van der Waals surface area contributed by atoms with Gasteiger partial charge in [-0.05, 0) is 32.6 Å². The molecule has 2 rings (SSSR count). The molecule has 6 heteroatoms. The van der Waals surface area contributed by atoms with Crippen LogP contribution >= 0.6 is 0 Å². The van der Waals surface area contributed by atoms with Crippen molar-refractivity contribution in [2.75, 3.05) is 13.7 Å². The van der Waals surface area contributed by atoms with Crippen LogP contribution in [0, 0.1) is 5.92 Å². The lowest BCUT2D eigenvalue weighted by molar-refractivity contribution is -0.153. The number of nitrogens with zero attached hydrogens (tertiary/aromatic N) is 1. The zero-order chi connectivity index (χ0) is 14.9. The highest BCUT2D eigenvalue weighted by Gasteiger charge is 2.54. The first-order chi connectivity index (χ1) is 9.40. The molecule has 1 atom stereocenters. The van der Waals surface area contributed by atoms with Crippen LogP contribution in [0.2, 0.25) is 0 Å². The zero-order valence-corrected chi connectivity index (χ0v) is 12.3. The van der Waals surface area contributed by atoms with E-state index in [0.717, 1.165) is 12.8 Å². The second-order valence-electron chi connectivity index (χ2n) is 5.91. The third kappa shape index (κ3) is 2.70. The molecule has 0 radical (unpaired) electrons. The number of ether oxygens (including phenoxy) is 1. The number of methoxy groups -OCH3 is 1. The van der Waals surface area contributed by atoms with Crippen LogP contribution in [0.25, 0.3) is 0 Å². The molecule has 0 aromatic rings. The van der Waals surface area contributed by atoms with Gasteiger partial charge in [0.15, 0.2) is 0 Å². The molecule has 1 saturated heterocycles. The summed E-state index contributed by atoms with van der Waals surface area (Å²) in [5.74, 6) is -0.663. The summed E-state index contributed by atoms with van der Waals surface area (Å²) in [6.07, 6.45) is 2.29. The monoisotopic (exact) mass is 282 g/mol. The van der Waals surface area contributed by atoms with E-state index < -0.39 is 5.54 Å². The summed E-state index contributed by atoms with van der Waals surface area (Å²) < 4.78 is 4.95. The van der Waals surface area contributed by atoms with Crippen molar-refractivity contribution in [3.05, 3.63) is 0 Å². The van der Waals surface area contributed by atoms with Crippen molar-refractivity contribution in [3.8, 4) is 0 Å². The van der Waals surface area contributed by atoms with Gasteiger partial charge in [0.1, 0.15) is 5.54 Å². The minimum Gasteiger partial charge on any atom is -0.468 e. The van der Waals surface area contributed by atoms with Crippen molar-refractivity contribution in [2.45, 2.75) is 51.1 Å². The molecule has 1 heterocycles. The van der Waals surface area contributed by atoms with Crippen molar-refractivity contribution < 1.29 is 19.1 Å². The third-order valence-corrected chi connectivity index (χ3v) is 3.93. The van der Waals surface area contributed by atoms with Crippen molar-refractivity contribution >= 4 is 17.8 Å². The minimum absolute atomic E-state index is 0.0579. The molecule has 1 saturated carbocycles. The predicted molar refractivity (Wildman–Crippen MR) is 71.7 cm³/mol. The Hall–Kier alpha value is -1.43. The first-order valence-electron chi connectivity index (χ1n) is 7.10. The van der Waals surface area contributed by atoms with E-state index in [2.05, 4.69) is 5.32 Å². The van der Waals surface area contributed by atoms with Crippen molar-refractivity contribution in [1.82, 2.24) is 10.2 Å². The molecular weight excluding hydrogens is 260 g/mol. The highest BCUT2D eigenvalue weighted by Crippen LogP contribution is 2.41. The van der Waals surface area contributed by atoms with Crippen LogP contribution in [0.15, 0.2) is 0 Å². The number of rotatable bonds is 6. The number of hydrogen-bond acceptors (Lipinski definition) is 5. The average Bonchev–Trinajstić information content (AvgIpc) is 3.19. The van der Waals surface area contributed by atoms with E-state index in [0.29, 0.717) is 0 Å². The zero-order valence-electron chi connectivity index (χ0n) is 12.3. The molecule has 1 N–H and O–H groups in total. The molecule has 1 aliphatic carbocycles. The quantitative estimate of drug-likeness (QED) is 0.565. The molecule has 2 amide bonds. The van der Waals surface area contributed by atoms with Crippen molar-refractivity contribution in [1.29, 1.82) is 0 Å². The standard InChI is InChI=1S/C14H22N2O4/c1-9(2)15-14(10-4-5-10,13(19)20-3)8-16-11(17)6-7-12(16)18/h9-10,15H,4-8H2,1-3H3. The Labute approximate surface area is 118 Å². The number of amides is 2. The van der Waals surface area contributed by atoms with E-state index in [-0.39, 0.29) is 49.1 Å². The molecule has 20 heavy (non-hydrogen) atoms. The first-order valence-corrected chi connectivity index (χ1v) is 7.10. The summed E-state index contributed by atoms with van der Waals surface area (Å²) in [7, 11) is 1.34. The number of carbonyl (C=O) groups excluding carboxylic acids is 3. The molecule has 1 unspecified atom stereocenters. The van der Waals surface area contributed by atoms with Gasteiger partial charge in [0.2, 0.25) is 11.8 Å². The molecule has 1 aliphatic heterocycles. The van der Waals surface area contributed by atoms with Gasteiger partial charge < -0.3 is 4.74 Å². The van der Waals surface area contributed by atoms with E-state index in [1.807, 2.05) is 13.8 Å².